The van der Waals surface area contributed by atoms with Crippen molar-refractivity contribution in [2.24, 2.45) is 0 Å². The fourth-order valence-electron chi connectivity index (χ4n) is 3.35. The lowest BCUT2D eigenvalue weighted by Gasteiger charge is -2.29. The minimum absolute atomic E-state index is 0.00678. The van der Waals surface area contributed by atoms with Crippen LogP contribution in [0.25, 0.3) is 0 Å². The maximum Gasteiger partial charge on any atom is 0.225 e. The number of fused-ring (bicyclic) bond motifs is 2. The first-order chi connectivity index (χ1) is 12.1. The summed E-state index contributed by atoms with van der Waals surface area (Å²) in [5.41, 5.74) is 2.94. The summed E-state index contributed by atoms with van der Waals surface area (Å²) in [5, 5.41) is 2.95. The van der Waals surface area contributed by atoms with Gasteiger partial charge in [0.15, 0.2) is 11.5 Å². The second-order valence-electron chi connectivity index (χ2n) is 6.62. The van der Waals surface area contributed by atoms with Crippen molar-refractivity contribution >= 4 is 11.6 Å². The van der Waals surface area contributed by atoms with Gasteiger partial charge in [0.2, 0.25) is 5.91 Å². The van der Waals surface area contributed by atoms with E-state index >= 15 is 0 Å². The summed E-state index contributed by atoms with van der Waals surface area (Å²) in [6.07, 6.45) is 0.549. The van der Waals surface area contributed by atoms with E-state index in [4.69, 9.17) is 14.2 Å². The molecular weight excluding hydrogens is 318 g/mol. The summed E-state index contributed by atoms with van der Waals surface area (Å²) in [6, 6.07) is 11.8. The second-order valence-corrected chi connectivity index (χ2v) is 6.62. The van der Waals surface area contributed by atoms with Gasteiger partial charge in [0.25, 0.3) is 0 Å². The van der Waals surface area contributed by atoms with Crippen LogP contribution in [0.4, 0.5) is 5.69 Å². The molecule has 0 unspecified atom stereocenters. The van der Waals surface area contributed by atoms with Crippen LogP contribution < -0.4 is 19.5 Å². The van der Waals surface area contributed by atoms with Gasteiger partial charge in [-0.05, 0) is 43.2 Å². The van der Waals surface area contributed by atoms with Crippen molar-refractivity contribution in [2.75, 3.05) is 18.5 Å². The molecule has 2 heterocycles. The van der Waals surface area contributed by atoms with Gasteiger partial charge in [-0.15, -0.1) is 0 Å². The molecule has 0 saturated carbocycles. The molecule has 0 saturated heterocycles. The molecule has 1 N–H and O–H groups in total. The molecule has 25 heavy (non-hydrogen) atoms. The molecule has 0 fully saturated rings. The predicted molar refractivity (Wildman–Crippen MR) is 94.7 cm³/mol. The second kappa shape index (κ2) is 6.31. The number of hydrogen-bond donors (Lipinski definition) is 1. The quantitative estimate of drug-likeness (QED) is 0.926. The van der Waals surface area contributed by atoms with Crippen LogP contribution in [0, 0.1) is 0 Å². The highest BCUT2D eigenvalue weighted by molar-refractivity contribution is 5.96. The van der Waals surface area contributed by atoms with Crippen molar-refractivity contribution in [3.8, 4) is 17.2 Å². The number of ether oxygens (including phenoxy) is 3. The van der Waals surface area contributed by atoms with Crippen LogP contribution >= 0.6 is 0 Å². The van der Waals surface area contributed by atoms with E-state index in [0.29, 0.717) is 25.4 Å². The Balaban J connectivity index is 1.70. The lowest BCUT2D eigenvalue weighted by Crippen LogP contribution is -2.24. The Kier molecular flexibility index (Phi) is 3.99. The zero-order valence-electron chi connectivity index (χ0n) is 14.4. The smallest absolute Gasteiger partial charge is 0.225 e. The number of rotatable bonds is 3. The lowest BCUT2D eigenvalue weighted by molar-refractivity contribution is -0.116. The van der Waals surface area contributed by atoms with Crippen molar-refractivity contribution in [2.45, 2.75) is 32.3 Å². The zero-order chi connectivity index (χ0) is 17.4. The summed E-state index contributed by atoms with van der Waals surface area (Å²) in [5.74, 6) is 2.27. The van der Waals surface area contributed by atoms with E-state index in [1.807, 2.05) is 50.2 Å². The van der Waals surface area contributed by atoms with Gasteiger partial charge in [0, 0.05) is 24.1 Å². The van der Waals surface area contributed by atoms with Gasteiger partial charge >= 0.3 is 0 Å². The Labute approximate surface area is 146 Å². The Bertz CT molecular complexity index is 798. The van der Waals surface area contributed by atoms with Crippen LogP contribution in [0.1, 0.15) is 37.3 Å². The van der Waals surface area contributed by atoms with Crippen LogP contribution in [-0.2, 0) is 4.79 Å². The summed E-state index contributed by atoms with van der Waals surface area (Å²) < 4.78 is 17.0. The van der Waals surface area contributed by atoms with Gasteiger partial charge in [-0.1, -0.05) is 12.1 Å². The number of carbonyl (C=O) groups excluding carboxylic acids is 1. The molecule has 0 aromatic heterocycles. The molecule has 5 nitrogen and oxygen atoms in total. The van der Waals surface area contributed by atoms with Crippen molar-refractivity contribution in [1.29, 1.82) is 0 Å². The first-order valence-corrected chi connectivity index (χ1v) is 8.60. The first-order valence-electron chi connectivity index (χ1n) is 8.60. The molecule has 1 amide bonds. The number of carbonyl (C=O) groups is 1. The van der Waals surface area contributed by atoms with E-state index in [-0.39, 0.29) is 17.9 Å². The van der Waals surface area contributed by atoms with Crippen LogP contribution in [0.5, 0.6) is 17.2 Å². The van der Waals surface area contributed by atoms with Crippen LogP contribution in [-0.4, -0.2) is 25.2 Å². The maximum atomic E-state index is 12.2. The summed E-state index contributed by atoms with van der Waals surface area (Å²) in [6.45, 7) is 5.08. The zero-order valence-corrected chi connectivity index (χ0v) is 14.4. The predicted octanol–water partition coefficient (Wildman–Crippen LogP) is 3.72. The monoisotopic (exact) mass is 339 g/mol. The standard InChI is InChI=1S/C20H21NO4/c1-12(2)25-14-5-3-13(4-6-14)15-10-20(22)21-17-11-19-18(9-16(15)17)23-7-8-24-19/h3-6,9,11-12,15H,7-8,10H2,1-2H3,(H,21,22)/t15-/m0/s1. The highest BCUT2D eigenvalue weighted by Crippen LogP contribution is 2.44. The topological polar surface area (TPSA) is 56.8 Å². The third-order valence-electron chi connectivity index (χ3n) is 4.41. The van der Waals surface area contributed by atoms with E-state index in [9.17, 15) is 4.79 Å². The van der Waals surface area contributed by atoms with E-state index < -0.39 is 0 Å². The lowest BCUT2D eigenvalue weighted by atomic mass is 9.84. The number of benzene rings is 2. The van der Waals surface area contributed by atoms with Crippen molar-refractivity contribution in [3.63, 3.8) is 0 Å². The minimum atomic E-state index is -0.00678. The molecule has 0 radical (unpaired) electrons. The number of hydrogen-bond acceptors (Lipinski definition) is 4. The van der Waals surface area contributed by atoms with Crippen LogP contribution in [0.3, 0.4) is 0 Å². The maximum absolute atomic E-state index is 12.2. The van der Waals surface area contributed by atoms with Gasteiger partial charge < -0.3 is 19.5 Å². The van der Waals surface area contributed by atoms with E-state index in [0.717, 1.165) is 28.3 Å². The highest BCUT2D eigenvalue weighted by atomic mass is 16.6. The molecule has 5 heteroatoms. The average Bonchev–Trinajstić information content (AvgIpc) is 2.59. The largest absolute Gasteiger partial charge is 0.491 e. The Morgan fingerprint density at radius 3 is 2.44 bits per heavy atom. The molecule has 2 aliphatic rings. The van der Waals surface area contributed by atoms with Gasteiger partial charge in [0.1, 0.15) is 19.0 Å². The van der Waals surface area contributed by atoms with Crippen LogP contribution in [0.15, 0.2) is 36.4 Å². The van der Waals surface area contributed by atoms with Gasteiger partial charge in [-0.25, -0.2) is 0 Å². The minimum Gasteiger partial charge on any atom is -0.491 e. The number of anilines is 1. The van der Waals surface area contributed by atoms with Crippen molar-refractivity contribution in [3.05, 3.63) is 47.5 Å². The average molecular weight is 339 g/mol. The number of nitrogens with one attached hydrogen (secondary N) is 1. The van der Waals surface area contributed by atoms with Crippen molar-refractivity contribution < 1.29 is 19.0 Å². The molecule has 0 aliphatic carbocycles. The molecule has 130 valence electrons. The molecule has 1 atom stereocenters. The van der Waals surface area contributed by atoms with Gasteiger partial charge in [-0.3, -0.25) is 4.79 Å². The van der Waals surface area contributed by atoms with Crippen molar-refractivity contribution in [1.82, 2.24) is 0 Å². The molecule has 4 rings (SSSR count). The highest BCUT2D eigenvalue weighted by Gasteiger charge is 2.29. The fourth-order valence-corrected chi connectivity index (χ4v) is 3.35. The Hall–Kier alpha value is -2.69. The molecule has 2 aromatic rings. The summed E-state index contributed by atoms with van der Waals surface area (Å²) in [4.78, 5) is 12.2. The first kappa shape index (κ1) is 15.8. The third kappa shape index (κ3) is 3.14. The van der Waals surface area contributed by atoms with E-state index in [1.54, 1.807) is 0 Å². The normalized spacial score (nSPS) is 18.5. The van der Waals surface area contributed by atoms with Gasteiger partial charge in [0.05, 0.1) is 6.10 Å². The number of amides is 1. The molecular formula is C20H21NO4. The SMILES string of the molecule is CC(C)Oc1ccc([C@@H]2CC(=O)Nc3cc4c(cc32)OCCO4)cc1. The molecule has 2 aliphatic heterocycles. The fraction of sp³-hybridized carbons (Fsp3) is 0.350. The molecule has 2 aromatic carbocycles. The van der Waals surface area contributed by atoms with Crippen LogP contribution in [0.2, 0.25) is 0 Å². The summed E-state index contributed by atoms with van der Waals surface area (Å²) in [7, 11) is 0. The Morgan fingerprint density at radius 1 is 1.08 bits per heavy atom. The van der Waals surface area contributed by atoms with E-state index in [2.05, 4.69) is 5.32 Å². The van der Waals surface area contributed by atoms with E-state index in [1.165, 1.54) is 0 Å². The summed E-state index contributed by atoms with van der Waals surface area (Å²) >= 11 is 0. The molecule has 0 bridgehead atoms. The van der Waals surface area contributed by atoms with Gasteiger partial charge in [-0.2, -0.15) is 0 Å². The molecule has 0 spiro atoms. The third-order valence-corrected chi connectivity index (χ3v) is 4.41. The Morgan fingerprint density at radius 2 is 1.76 bits per heavy atom.